The number of carbonyl (C=O) groups is 1. The van der Waals surface area contributed by atoms with Gasteiger partial charge in [-0.1, -0.05) is 42.5 Å². The number of amides is 1. The molecular formula is C29H19F6N3O. The minimum Gasteiger partial charge on any atom is -0.353 e. The molecule has 5 aromatic rings. The van der Waals surface area contributed by atoms with E-state index < -0.39 is 29.4 Å². The number of hydrogen-bond acceptors (Lipinski definition) is 2. The number of carbonyl (C=O) groups excluding carboxylic acids is 1. The van der Waals surface area contributed by atoms with Crippen LogP contribution in [0.4, 0.5) is 26.3 Å². The van der Waals surface area contributed by atoms with Gasteiger partial charge in [-0.3, -0.25) is 4.79 Å². The molecule has 0 atom stereocenters. The van der Waals surface area contributed by atoms with Crippen molar-refractivity contribution in [3.8, 4) is 11.3 Å². The summed E-state index contributed by atoms with van der Waals surface area (Å²) in [7, 11) is 0. The molecule has 0 saturated carbocycles. The van der Waals surface area contributed by atoms with Gasteiger partial charge in [-0.2, -0.15) is 26.3 Å². The maximum Gasteiger partial charge on any atom is 0.416 e. The van der Waals surface area contributed by atoms with Crippen LogP contribution in [0, 0.1) is 0 Å². The maximum atomic E-state index is 13.1. The lowest BCUT2D eigenvalue weighted by Crippen LogP contribution is -2.21. The quantitative estimate of drug-likeness (QED) is 0.177. The van der Waals surface area contributed by atoms with Gasteiger partial charge in [-0.25, -0.2) is 4.98 Å². The van der Waals surface area contributed by atoms with E-state index in [2.05, 4.69) is 15.3 Å². The van der Waals surface area contributed by atoms with Crippen molar-refractivity contribution in [3.05, 3.63) is 107 Å². The van der Waals surface area contributed by atoms with Crippen molar-refractivity contribution in [1.29, 1.82) is 0 Å². The van der Waals surface area contributed by atoms with Gasteiger partial charge in [0.15, 0.2) is 0 Å². The number of nitrogens with zero attached hydrogens (tertiary/aromatic N) is 1. The fourth-order valence-corrected chi connectivity index (χ4v) is 4.21. The van der Waals surface area contributed by atoms with Gasteiger partial charge in [0.25, 0.3) is 0 Å². The van der Waals surface area contributed by atoms with Crippen LogP contribution in [0.15, 0.2) is 84.9 Å². The molecular weight excluding hydrogens is 520 g/mol. The number of benzene rings is 3. The molecule has 10 heteroatoms. The van der Waals surface area contributed by atoms with Crippen molar-refractivity contribution in [2.45, 2.75) is 18.9 Å². The van der Waals surface area contributed by atoms with Crippen molar-refractivity contribution >= 4 is 33.8 Å². The van der Waals surface area contributed by atoms with Crippen LogP contribution in [-0.2, 0) is 23.7 Å². The smallest absolute Gasteiger partial charge is 0.353 e. The molecule has 3 aromatic carbocycles. The number of alkyl halides is 6. The SMILES string of the molecule is O=C(/C=C/c1ccc(C(F)(F)F)cc1)NCc1cc2c([nH]c3ccccc32)c(-c2ccc(C(F)(F)F)cc2)n1. The molecule has 4 nitrogen and oxygen atoms in total. The second-order valence-corrected chi connectivity index (χ2v) is 8.80. The molecule has 1 amide bonds. The molecule has 0 aliphatic heterocycles. The van der Waals surface area contributed by atoms with E-state index in [9.17, 15) is 31.1 Å². The molecule has 0 aliphatic rings. The molecule has 0 aliphatic carbocycles. The van der Waals surface area contributed by atoms with E-state index >= 15 is 0 Å². The topological polar surface area (TPSA) is 57.8 Å². The van der Waals surface area contributed by atoms with Gasteiger partial charge < -0.3 is 10.3 Å². The minimum atomic E-state index is -4.47. The second-order valence-electron chi connectivity index (χ2n) is 8.80. The first-order valence-corrected chi connectivity index (χ1v) is 11.7. The van der Waals surface area contributed by atoms with E-state index in [0.29, 0.717) is 28.0 Å². The maximum absolute atomic E-state index is 13.1. The third-order valence-corrected chi connectivity index (χ3v) is 6.14. The fourth-order valence-electron chi connectivity index (χ4n) is 4.21. The summed E-state index contributed by atoms with van der Waals surface area (Å²) in [5, 5.41) is 4.37. The first-order valence-electron chi connectivity index (χ1n) is 11.7. The largest absolute Gasteiger partial charge is 0.416 e. The van der Waals surface area contributed by atoms with Gasteiger partial charge in [0.2, 0.25) is 5.91 Å². The number of aromatic nitrogens is 2. The van der Waals surface area contributed by atoms with Crippen LogP contribution in [0.3, 0.4) is 0 Å². The average molecular weight is 539 g/mol. The molecule has 0 saturated heterocycles. The number of fused-ring (bicyclic) bond motifs is 3. The summed E-state index contributed by atoms with van der Waals surface area (Å²) in [4.78, 5) is 20.3. The first-order chi connectivity index (χ1) is 18.5. The number of nitrogens with one attached hydrogen (secondary N) is 2. The molecule has 0 bridgehead atoms. The molecule has 5 rings (SSSR count). The highest BCUT2D eigenvalue weighted by molar-refractivity contribution is 6.11. The van der Waals surface area contributed by atoms with Gasteiger partial charge >= 0.3 is 12.4 Å². The molecule has 0 unspecified atom stereocenters. The van der Waals surface area contributed by atoms with Gasteiger partial charge in [0.05, 0.1) is 34.6 Å². The van der Waals surface area contributed by atoms with Crippen LogP contribution in [-0.4, -0.2) is 15.9 Å². The molecule has 0 spiro atoms. The Labute approximate surface area is 218 Å². The number of H-pyrrole nitrogens is 1. The predicted molar refractivity (Wildman–Crippen MR) is 136 cm³/mol. The number of aromatic amines is 1. The average Bonchev–Trinajstić information content (AvgIpc) is 3.28. The number of para-hydroxylation sites is 1. The normalized spacial score (nSPS) is 12.5. The summed E-state index contributed by atoms with van der Waals surface area (Å²) in [6, 6.07) is 18.4. The summed E-state index contributed by atoms with van der Waals surface area (Å²) in [6.45, 7) is 0.0132. The Kier molecular flexibility index (Phi) is 6.63. The fraction of sp³-hybridized carbons (Fsp3) is 0.103. The Morgan fingerprint density at radius 1 is 0.821 bits per heavy atom. The third-order valence-electron chi connectivity index (χ3n) is 6.14. The standard InChI is InChI=1S/C29H19F6N3O/c30-28(31,32)19-10-5-17(6-11-19)7-14-25(39)36-16-21-15-23-22-3-1-2-4-24(22)38-27(23)26(37-21)18-8-12-20(13-9-18)29(33,34)35/h1-15,38H,16H2,(H,36,39)/b14-7+. The van der Waals surface area contributed by atoms with Crippen LogP contribution < -0.4 is 5.32 Å². The second kappa shape index (κ2) is 9.94. The summed E-state index contributed by atoms with van der Waals surface area (Å²) in [6.07, 6.45) is -6.33. The molecule has 2 aromatic heterocycles. The van der Waals surface area contributed by atoms with Gasteiger partial charge in [0.1, 0.15) is 0 Å². The zero-order chi connectivity index (χ0) is 27.8. The minimum absolute atomic E-state index is 0.0132. The summed E-state index contributed by atoms with van der Waals surface area (Å²) < 4.78 is 77.4. The third kappa shape index (κ3) is 5.64. The highest BCUT2D eigenvalue weighted by Gasteiger charge is 2.30. The first kappa shape index (κ1) is 26.0. The number of pyridine rings is 1. The summed E-state index contributed by atoms with van der Waals surface area (Å²) in [5.74, 6) is -0.494. The van der Waals surface area contributed by atoms with Gasteiger partial charge in [0, 0.05) is 27.9 Å². The zero-order valence-electron chi connectivity index (χ0n) is 20.0. The number of hydrogen-bond donors (Lipinski definition) is 2. The van der Waals surface area contributed by atoms with Crippen LogP contribution >= 0.6 is 0 Å². The Balaban J connectivity index is 1.41. The highest BCUT2D eigenvalue weighted by Crippen LogP contribution is 2.35. The lowest BCUT2D eigenvalue weighted by atomic mass is 10.0. The Morgan fingerprint density at radius 3 is 2.08 bits per heavy atom. The monoisotopic (exact) mass is 539 g/mol. The van der Waals surface area contributed by atoms with E-state index in [1.165, 1.54) is 36.4 Å². The Bertz CT molecular complexity index is 1680. The molecule has 0 radical (unpaired) electrons. The van der Waals surface area contributed by atoms with Gasteiger partial charge in [-0.05, 0) is 48.0 Å². The Morgan fingerprint density at radius 2 is 1.44 bits per heavy atom. The Hall–Kier alpha value is -4.60. The summed E-state index contributed by atoms with van der Waals surface area (Å²) in [5.41, 5.74) is 1.70. The highest BCUT2D eigenvalue weighted by atomic mass is 19.4. The van der Waals surface area contributed by atoms with Crippen LogP contribution in [0.1, 0.15) is 22.4 Å². The van der Waals surface area contributed by atoms with E-state index in [1.807, 2.05) is 24.3 Å². The lowest BCUT2D eigenvalue weighted by Gasteiger charge is -2.10. The van der Waals surface area contributed by atoms with Gasteiger partial charge in [-0.15, -0.1) is 0 Å². The number of halogens is 6. The van der Waals surface area contributed by atoms with Crippen LogP contribution in [0.2, 0.25) is 0 Å². The lowest BCUT2D eigenvalue weighted by molar-refractivity contribution is -0.138. The molecule has 2 heterocycles. The van der Waals surface area contributed by atoms with E-state index in [1.54, 1.807) is 6.07 Å². The van der Waals surface area contributed by atoms with Crippen molar-refractivity contribution < 1.29 is 31.1 Å². The van der Waals surface area contributed by atoms with Crippen LogP contribution in [0.25, 0.3) is 39.1 Å². The number of rotatable bonds is 5. The van der Waals surface area contributed by atoms with E-state index in [4.69, 9.17) is 0 Å². The van der Waals surface area contributed by atoms with Crippen molar-refractivity contribution in [2.75, 3.05) is 0 Å². The van der Waals surface area contributed by atoms with E-state index in [0.717, 1.165) is 40.6 Å². The molecule has 39 heavy (non-hydrogen) atoms. The van der Waals surface area contributed by atoms with Crippen molar-refractivity contribution in [1.82, 2.24) is 15.3 Å². The van der Waals surface area contributed by atoms with Crippen LogP contribution in [0.5, 0.6) is 0 Å². The van der Waals surface area contributed by atoms with Crippen molar-refractivity contribution in [3.63, 3.8) is 0 Å². The predicted octanol–water partition coefficient (Wildman–Crippen LogP) is 7.75. The molecule has 0 fully saturated rings. The zero-order valence-corrected chi connectivity index (χ0v) is 20.0. The van der Waals surface area contributed by atoms with E-state index in [-0.39, 0.29) is 6.54 Å². The molecule has 2 N–H and O–H groups in total. The van der Waals surface area contributed by atoms with Crippen molar-refractivity contribution in [2.24, 2.45) is 0 Å². The molecule has 198 valence electrons. The summed E-state index contributed by atoms with van der Waals surface area (Å²) >= 11 is 0.